The summed E-state index contributed by atoms with van der Waals surface area (Å²) in [7, 11) is 0. The number of nitrogens with zero attached hydrogens (tertiary/aromatic N) is 3. The molecule has 1 heterocycles. The van der Waals surface area contributed by atoms with Crippen LogP contribution in [0.1, 0.15) is 26.7 Å². The van der Waals surface area contributed by atoms with Gasteiger partial charge in [-0.3, -0.25) is 4.79 Å². The molecule has 2 aromatic carbocycles. The van der Waals surface area contributed by atoms with E-state index in [9.17, 15) is 4.79 Å². The van der Waals surface area contributed by atoms with Crippen LogP contribution in [0.4, 0.5) is 0 Å². The maximum Gasteiger partial charge on any atom is 0.242 e. The van der Waals surface area contributed by atoms with Gasteiger partial charge < -0.3 is 9.47 Å². The van der Waals surface area contributed by atoms with Gasteiger partial charge in [-0.25, -0.2) is 4.98 Å². The minimum atomic E-state index is 0.0909. The van der Waals surface area contributed by atoms with Crippen LogP contribution in [0.25, 0.3) is 22.4 Å². The maximum atomic E-state index is 13.0. The molecule has 0 unspecified atom stereocenters. The molecule has 0 radical (unpaired) electrons. The number of hydrogen-bond donors (Lipinski definition) is 0. The summed E-state index contributed by atoms with van der Waals surface area (Å²) >= 11 is 12.5. The molecule has 0 aliphatic heterocycles. The lowest BCUT2D eigenvalue weighted by molar-refractivity contribution is -0.131. The number of rotatable bonds is 7. The number of benzene rings is 2. The molecule has 6 heteroatoms. The predicted molar refractivity (Wildman–Crippen MR) is 112 cm³/mol. The van der Waals surface area contributed by atoms with Crippen LogP contribution in [0.2, 0.25) is 10.0 Å². The summed E-state index contributed by atoms with van der Waals surface area (Å²) in [6, 6.07) is 13.2. The van der Waals surface area contributed by atoms with Gasteiger partial charge >= 0.3 is 0 Å². The Balaban J connectivity index is 2.06. The SMILES string of the molecule is CCCN(CCC)C(=O)Cn1c(-c2ccc(Cl)cc2Cl)nc2ccccc21. The minimum absolute atomic E-state index is 0.0909. The molecular formula is C21H23Cl2N3O. The first-order chi connectivity index (χ1) is 13.0. The Hall–Kier alpha value is -2.04. The van der Waals surface area contributed by atoms with Gasteiger partial charge in [-0.05, 0) is 43.2 Å². The zero-order chi connectivity index (χ0) is 19.4. The molecular weight excluding hydrogens is 381 g/mol. The van der Waals surface area contributed by atoms with Gasteiger partial charge in [0.1, 0.15) is 12.4 Å². The van der Waals surface area contributed by atoms with Crippen molar-refractivity contribution in [2.24, 2.45) is 0 Å². The first kappa shape index (κ1) is 19.7. The molecule has 0 saturated heterocycles. The zero-order valence-corrected chi connectivity index (χ0v) is 17.1. The van der Waals surface area contributed by atoms with Gasteiger partial charge in [0, 0.05) is 23.7 Å². The Kier molecular flexibility index (Phi) is 6.40. The molecule has 0 saturated carbocycles. The van der Waals surface area contributed by atoms with Gasteiger partial charge in [0.15, 0.2) is 0 Å². The van der Waals surface area contributed by atoms with E-state index in [1.165, 1.54) is 0 Å². The topological polar surface area (TPSA) is 38.1 Å². The summed E-state index contributed by atoms with van der Waals surface area (Å²) in [5.74, 6) is 0.771. The molecule has 0 aliphatic rings. The van der Waals surface area contributed by atoms with Crippen LogP contribution in [0.15, 0.2) is 42.5 Å². The normalized spacial score (nSPS) is 11.1. The molecule has 0 N–H and O–H groups in total. The fourth-order valence-corrected chi connectivity index (χ4v) is 3.74. The third kappa shape index (κ3) is 4.28. The Morgan fingerprint density at radius 3 is 2.44 bits per heavy atom. The molecule has 1 aromatic heterocycles. The maximum absolute atomic E-state index is 13.0. The van der Waals surface area contributed by atoms with Crippen molar-refractivity contribution in [3.8, 4) is 11.4 Å². The Bertz CT molecular complexity index is 946. The molecule has 4 nitrogen and oxygen atoms in total. The van der Waals surface area contributed by atoms with Crippen LogP contribution in [-0.4, -0.2) is 33.4 Å². The highest BCUT2D eigenvalue weighted by molar-refractivity contribution is 6.36. The predicted octanol–water partition coefficient (Wildman–Crippen LogP) is 5.66. The summed E-state index contributed by atoms with van der Waals surface area (Å²) in [5.41, 5.74) is 2.52. The molecule has 142 valence electrons. The Morgan fingerprint density at radius 1 is 1.07 bits per heavy atom. The average molecular weight is 404 g/mol. The molecule has 0 aliphatic carbocycles. The van der Waals surface area contributed by atoms with Gasteiger partial charge in [0.25, 0.3) is 0 Å². The van der Waals surface area contributed by atoms with Crippen molar-refractivity contribution in [2.75, 3.05) is 13.1 Å². The molecule has 0 atom stereocenters. The van der Waals surface area contributed by atoms with Crippen LogP contribution in [0, 0.1) is 0 Å². The third-order valence-electron chi connectivity index (χ3n) is 4.46. The molecule has 0 fully saturated rings. The van der Waals surface area contributed by atoms with E-state index in [2.05, 4.69) is 13.8 Å². The number of imidazole rings is 1. The summed E-state index contributed by atoms with van der Waals surface area (Å²) in [6.07, 6.45) is 1.87. The van der Waals surface area contributed by atoms with Crippen molar-refractivity contribution in [2.45, 2.75) is 33.2 Å². The van der Waals surface area contributed by atoms with E-state index in [0.717, 1.165) is 42.5 Å². The van der Waals surface area contributed by atoms with Crippen LogP contribution in [0.5, 0.6) is 0 Å². The fraction of sp³-hybridized carbons (Fsp3) is 0.333. The molecule has 0 spiro atoms. The summed E-state index contributed by atoms with van der Waals surface area (Å²) < 4.78 is 1.95. The lowest BCUT2D eigenvalue weighted by Gasteiger charge is -2.22. The van der Waals surface area contributed by atoms with Crippen molar-refractivity contribution in [1.82, 2.24) is 14.5 Å². The number of aromatic nitrogens is 2. The van der Waals surface area contributed by atoms with E-state index in [-0.39, 0.29) is 12.5 Å². The number of halogens is 2. The fourth-order valence-electron chi connectivity index (χ4n) is 3.25. The van der Waals surface area contributed by atoms with Crippen LogP contribution in [-0.2, 0) is 11.3 Å². The lowest BCUT2D eigenvalue weighted by Crippen LogP contribution is -2.35. The van der Waals surface area contributed by atoms with Gasteiger partial charge in [-0.2, -0.15) is 0 Å². The quantitative estimate of drug-likeness (QED) is 0.510. The first-order valence-corrected chi connectivity index (χ1v) is 9.99. The molecule has 3 aromatic rings. The van der Waals surface area contributed by atoms with Crippen molar-refractivity contribution in [3.63, 3.8) is 0 Å². The smallest absolute Gasteiger partial charge is 0.242 e. The standard InChI is InChI=1S/C21H23Cl2N3O/c1-3-11-25(12-4-2)20(27)14-26-19-8-6-5-7-18(19)24-21(26)16-10-9-15(22)13-17(16)23/h5-10,13H,3-4,11-12,14H2,1-2H3. The molecule has 1 amide bonds. The lowest BCUT2D eigenvalue weighted by atomic mass is 10.2. The number of para-hydroxylation sites is 2. The molecule has 3 rings (SSSR count). The van der Waals surface area contributed by atoms with Crippen molar-refractivity contribution in [1.29, 1.82) is 0 Å². The van der Waals surface area contributed by atoms with E-state index < -0.39 is 0 Å². The van der Waals surface area contributed by atoms with E-state index in [1.54, 1.807) is 12.1 Å². The molecule has 0 bridgehead atoms. The average Bonchev–Trinajstić information content (AvgIpc) is 3.00. The van der Waals surface area contributed by atoms with Crippen molar-refractivity contribution < 1.29 is 4.79 Å². The van der Waals surface area contributed by atoms with E-state index in [4.69, 9.17) is 28.2 Å². The van der Waals surface area contributed by atoms with Gasteiger partial charge in [-0.15, -0.1) is 0 Å². The highest BCUT2D eigenvalue weighted by Crippen LogP contribution is 2.32. The van der Waals surface area contributed by atoms with Gasteiger partial charge in [0.2, 0.25) is 5.91 Å². The third-order valence-corrected chi connectivity index (χ3v) is 5.01. The number of carbonyl (C=O) groups is 1. The highest BCUT2D eigenvalue weighted by Gasteiger charge is 2.19. The second kappa shape index (κ2) is 8.77. The second-order valence-corrected chi connectivity index (χ2v) is 7.36. The van der Waals surface area contributed by atoms with Crippen LogP contribution in [0.3, 0.4) is 0 Å². The van der Waals surface area contributed by atoms with Crippen molar-refractivity contribution in [3.05, 3.63) is 52.5 Å². The van der Waals surface area contributed by atoms with E-state index >= 15 is 0 Å². The Morgan fingerprint density at radius 2 is 1.78 bits per heavy atom. The summed E-state index contributed by atoms with van der Waals surface area (Å²) in [6.45, 7) is 5.92. The van der Waals surface area contributed by atoms with Gasteiger partial charge in [0.05, 0.1) is 16.1 Å². The summed E-state index contributed by atoms with van der Waals surface area (Å²) in [5, 5.41) is 1.09. The van der Waals surface area contributed by atoms with Crippen LogP contribution >= 0.6 is 23.2 Å². The first-order valence-electron chi connectivity index (χ1n) is 9.23. The minimum Gasteiger partial charge on any atom is -0.341 e. The van der Waals surface area contributed by atoms with E-state index in [0.29, 0.717) is 15.9 Å². The Labute approximate surface area is 169 Å². The van der Waals surface area contributed by atoms with Crippen molar-refractivity contribution >= 4 is 40.1 Å². The number of fused-ring (bicyclic) bond motifs is 1. The highest BCUT2D eigenvalue weighted by atomic mass is 35.5. The monoisotopic (exact) mass is 403 g/mol. The zero-order valence-electron chi connectivity index (χ0n) is 15.6. The number of amides is 1. The van der Waals surface area contributed by atoms with Crippen LogP contribution < -0.4 is 0 Å². The summed E-state index contributed by atoms with van der Waals surface area (Å²) in [4.78, 5) is 19.6. The number of hydrogen-bond acceptors (Lipinski definition) is 2. The molecule has 27 heavy (non-hydrogen) atoms. The van der Waals surface area contributed by atoms with Gasteiger partial charge in [-0.1, -0.05) is 49.2 Å². The number of carbonyl (C=O) groups excluding carboxylic acids is 1. The largest absolute Gasteiger partial charge is 0.341 e. The second-order valence-electron chi connectivity index (χ2n) is 6.52. The van der Waals surface area contributed by atoms with E-state index in [1.807, 2.05) is 39.8 Å².